The van der Waals surface area contributed by atoms with E-state index in [1.807, 2.05) is 0 Å². The Morgan fingerprint density at radius 2 is 0.525 bits per heavy atom. The van der Waals surface area contributed by atoms with Gasteiger partial charge in [0, 0.05) is 35.5 Å². The molecule has 0 radical (unpaired) electrons. The maximum Gasteiger partial charge on any atom is 0.179 e. The van der Waals surface area contributed by atoms with Crippen LogP contribution in [0, 0.1) is 6.92 Å². The van der Waals surface area contributed by atoms with Crippen molar-refractivity contribution in [3.05, 3.63) is 343 Å². The Labute approximate surface area is 604 Å². The Morgan fingerprint density at radius 3 is 0.861 bits per heavy atom. The van der Waals surface area contributed by atoms with Crippen LogP contribution < -0.4 is 30.5 Å². The summed E-state index contributed by atoms with van der Waals surface area (Å²) in [5.41, 5.74) is 27.8. The topological polar surface area (TPSA) is 6.48 Å². The average Bonchev–Trinajstić information content (AvgIpc) is 0.732. The second-order valence-electron chi connectivity index (χ2n) is 27.8. The van der Waals surface area contributed by atoms with Crippen molar-refractivity contribution < 1.29 is 0 Å². The second-order valence-corrected chi connectivity index (χ2v) is 31.6. The molecule has 0 fully saturated rings. The third-order valence-corrected chi connectivity index (χ3v) is 25.7. The lowest BCUT2D eigenvalue weighted by Crippen LogP contribution is -2.74. The van der Waals surface area contributed by atoms with E-state index in [4.69, 9.17) is 0 Å². The van der Waals surface area contributed by atoms with Crippen molar-refractivity contribution in [3.8, 4) is 66.8 Å². The van der Waals surface area contributed by atoms with Gasteiger partial charge in [0.15, 0.2) is 8.07 Å². The normalized spacial score (nSPS) is 11.4. The maximum absolute atomic E-state index is 2.92. The summed E-state index contributed by atoms with van der Waals surface area (Å²) in [4.78, 5) is 4.74. The number of hydrogen-bond donors (Lipinski definition) is 0. The van der Waals surface area contributed by atoms with Crippen LogP contribution in [0.5, 0.6) is 0 Å². The van der Waals surface area contributed by atoms with Crippen LogP contribution in [0.3, 0.4) is 0 Å². The molecule has 0 saturated heterocycles. The fourth-order valence-electron chi connectivity index (χ4n) is 15.1. The van der Waals surface area contributed by atoms with Gasteiger partial charge in [-0.25, -0.2) is 0 Å². The molecule has 13 aromatic rings. The smallest absolute Gasteiger partial charge is 0.179 e. The zero-order valence-electron chi connectivity index (χ0n) is 60.3. The zero-order chi connectivity index (χ0) is 69.3. The molecule has 0 amide bonds. The summed E-state index contributed by atoms with van der Waals surface area (Å²) in [6.45, 7) is 11.3. The first-order valence-electron chi connectivity index (χ1n) is 37.5. The molecule has 13 rings (SSSR count). The lowest BCUT2D eigenvalue weighted by molar-refractivity contribution is 0.664. The number of aryl methyl sites for hydroxylation is 5. The molecule has 0 N–H and O–H groups in total. The highest BCUT2D eigenvalue weighted by Gasteiger charge is 2.41. The van der Waals surface area contributed by atoms with E-state index < -0.39 is 8.07 Å². The Balaban J connectivity index is 0.835. The van der Waals surface area contributed by atoms with Crippen molar-refractivity contribution in [1.29, 1.82) is 0 Å². The van der Waals surface area contributed by atoms with E-state index in [9.17, 15) is 0 Å². The van der Waals surface area contributed by atoms with Crippen molar-refractivity contribution in [2.75, 3.05) is 16.8 Å². The second kappa shape index (κ2) is 33.2. The number of benzene rings is 13. The standard InChI is InChI=1S/C98H98N2Si/c1-7-11-13-17-25-86-72-98(87(26-18-14-12-8-2)71-97(86)84-47-43-79(44-48-84)76-37-31-73(5)32-38-76)85-49-45-80(46-50-85)83-55-61-91(62-56-83)100(90-59-53-82(54-60-90)78-41-35-75(24-10-4)36-42-78)92-65-69-96(70-66-92)101(93-27-19-15-20-28-93,94-29-21-16-22-30-94)95-67-63-89(64-68-95)99(6)88-57-51-81(52-58-88)77-39-33-74(23-9-3)34-40-77/h15-16,19-22,27-72H,7-14,17-18,23-26H2,1-6H3. The van der Waals surface area contributed by atoms with Gasteiger partial charge in [0.1, 0.15) is 0 Å². The molecule has 0 aliphatic rings. The molecule has 0 heterocycles. The van der Waals surface area contributed by atoms with E-state index in [1.54, 1.807) is 0 Å². The molecule has 0 unspecified atom stereocenters. The summed E-state index contributed by atoms with van der Waals surface area (Å²) >= 11 is 0. The van der Waals surface area contributed by atoms with Gasteiger partial charge in [-0.3, -0.25) is 0 Å². The summed E-state index contributed by atoms with van der Waals surface area (Å²) in [5.74, 6) is 0. The van der Waals surface area contributed by atoms with Crippen LogP contribution in [0.4, 0.5) is 28.4 Å². The molecule has 0 spiro atoms. The fourth-order valence-corrected chi connectivity index (χ4v) is 19.8. The number of unbranched alkanes of at least 4 members (excludes halogenated alkanes) is 6. The maximum atomic E-state index is 2.57. The van der Waals surface area contributed by atoms with Crippen LogP contribution in [-0.4, -0.2) is 15.1 Å². The Bertz CT molecular complexity index is 4680. The van der Waals surface area contributed by atoms with Crippen LogP contribution in [0.2, 0.25) is 0 Å². The minimum Gasteiger partial charge on any atom is -0.345 e. The lowest BCUT2D eigenvalue weighted by Gasteiger charge is -2.35. The SMILES string of the molecule is CCCCCCc1cc(-c2ccc(-c3ccc(N(c4ccc(-c5ccc(CCC)cc5)cc4)c4ccc([Si](c5ccccc5)(c5ccccc5)c5ccc(N(C)c6ccc(-c7ccc(CCC)cc7)cc6)cc5)cc4)cc3)cc2)c(CCCCCC)cc1-c1ccc(-c2ccc(C)cc2)cc1. The molecule has 504 valence electrons. The van der Waals surface area contributed by atoms with Gasteiger partial charge in [-0.15, -0.1) is 0 Å². The molecule has 0 aromatic heterocycles. The minimum atomic E-state index is -2.92. The molecule has 101 heavy (non-hydrogen) atoms. The summed E-state index contributed by atoms with van der Waals surface area (Å²) in [7, 11) is -0.744. The first-order chi connectivity index (χ1) is 49.7. The number of nitrogens with zero attached hydrogens (tertiary/aromatic N) is 2. The fraction of sp³-hybridized carbons (Fsp3) is 0.204. The van der Waals surface area contributed by atoms with Gasteiger partial charge in [-0.2, -0.15) is 0 Å². The molecule has 0 aliphatic heterocycles. The van der Waals surface area contributed by atoms with Crippen molar-refractivity contribution in [1.82, 2.24) is 0 Å². The molecule has 0 bridgehead atoms. The molecule has 0 atom stereocenters. The third-order valence-electron chi connectivity index (χ3n) is 20.9. The summed E-state index contributed by atoms with van der Waals surface area (Å²) in [6, 6.07) is 120. The van der Waals surface area contributed by atoms with Gasteiger partial charge in [0.25, 0.3) is 0 Å². The highest BCUT2D eigenvalue weighted by molar-refractivity contribution is 7.19. The lowest BCUT2D eigenvalue weighted by atomic mass is 9.86. The third kappa shape index (κ3) is 16.0. The summed E-state index contributed by atoms with van der Waals surface area (Å²) < 4.78 is 0. The van der Waals surface area contributed by atoms with Gasteiger partial charge in [-0.1, -0.05) is 339 Å². The first-order valence-corrected chi connectivity index (χ1v) is 39.5. The Kier molecular flexibility index (Phi) is 22.8. The highest BCUT2D eigenvalue weighted by Crippen LogP contribution is 2.40. The first kappa shape index (κ1) is 69.2. The van der Waals surface area contributed by atoms with Crippen molar-refractivity contribution in [2.45, 2.75) is 125 Å². The Hall–Kier alpha value is -10.3. The zero-order valence-corrected chi connectivity index (χ0v) is 61.3. The monoisotopic (exact) mass is 1330 g/mol. The quantitative estimate of drug-likeness (QED) is 0.0262. The van der Waals surface area contributed by atoms with Gasteiger partial charge in [-0.05, 0) is 216 Å². The number of rotatable bonds is 29. The van der Waals surface area contributed by atoms with E-state index in [0.29, 0.717) is 0 Å². The van der Waals surface area contributed by atoms with Crippen LogP contribution in [0.1, 0.15) is 120 Å². The van der Waals surface area contributed by atoms with Crippen molar-refractivity contribution in [3.63, 3.8) is 0 Å². The van der Waals surface area contributed by atoms with Gasteiger partial charge in [0.2, 0.25) is 0 Å². The summed E-state index contributed by atoms with van der Waals surface area (Å²) in [5, 5.41) is 5.35. The molecule has 13 aromatic carbocycles. The summed E-state index contributed by atoms with van der Waals surface area (Å²) in [6.07, 6.45) is 16.5. The predicted molar refractivity (Wildman–Crippen MR) is 440 cm³/mol. The average molecular weight is 1330 g/mol. The van der Waals surface area contributed by atoms with E-state index >= 15 is 0 Å². The largest absolute Gasteiger partial charge is 0.345 e. The van der Waals surface area contributed by atoms with E-state index in [0.717, 1.165) is 67.0 Å². The van der Waals surface area contributed by atoms with Gasteiger partial charge >= 0.3 is 0 Å². The van der Waals surface area contributed by atoms with Crippen LogP contribution >= 0.6 is 0 Å². The molecule has 2 nitrogen and oxygen atoms in total. The van der Waals surface area contributed by atoms with Crippen molar-refractivity contribution >= 4 is 57.3 Å². The highest BCUT2D eigenvalue weighted by atomic mass is 28.3. The van der Waals surface area contributed by atoms with Crippen LogP contribution in [0.25, 0.3) is 66.8 Å². The van der Waals surface area contributed by atoms with Gasteiger partial charge < -0.3 is 9.80 Å². The number of anilines is 5. The van der Waals surface area contributed by atoms with E-state index in [2.05, 4.69) is 367 Å². The molecule has 0 saturated carbocycles. The molecular weight excluding hydrogens is 1230 g/mol. The van der Waals surface area contributed by atoms with E-state index in [1.165, 1.54) is 167 Å². The van der Waals surface area contributed by atoms with Crippen LogP contribution in [-0.2, 0) is 25.7 Å². The van der Waals surface area contributed by atoms with Crippen molar-refractivity contribution in [2.24, 2.45) is 0 Å². The molecular formula is C98H98N2Si. The Morgan fingerprint density at radius 1 is 0.248 bits per heavy atom. The molecule has 3 heteroatoms. The molecule has 0 aliphatic carbocycles. The van der Waals surface area contributed by atoms with Gasteiger partial charge in [0.05, 0.1) is 0 Å². The predicted octanol–water partition coefficient (Wildman–Crippen LogP) is 24.8. The van der Waals surface area contributed by atoms with E-state index in [-0.39, 0.29) is 0 Å². The van der Waals surface area contributed by atoms with Crippen LogP contribution in [0.15, 0.2) is 315 Å². The minimum absolute atomic E-state index is 1.07. The number of hydrogen-bond acceptors (Lipinski definition) is 2.